The largest absolute Gasteiger partial charge is 0.497 e. The maximum absolute atomic E-state index is 13.6. The average Bonchev–Trinajstić information content (AvgIpc) is 3.64. The minimum absolute atomic E-state index is 0.0609. The Bertz CT molecular complexity index is 1720. The normalized spacial score (nSPS) is 24.8. The zero-order chi connectivity index (χ0) is 26.7. The molecule has 0 bridgehead atoms. The van der Waals surface area contributed by atoms with Crippen LogP contribution in [0.4, 0.5) is 0 Å². The van der Waals surface area contributed by atoms with Crippen LogP contribution in [0.3, 0.4) is 0 Å². The van der Waals surface area contributed by atoms with Crippen LogP contribution in [0.1, 0.15) is 6.23 Å². The molecule has 0 amide bonds. The molecule has 14 heteroatoms. The summed E-state index contributed by atoms with van der Waals surface area (Å²) in [7, 11) is -0.526. The molecule has 2 saturated heterocycles. The first kappa shape index (κ1) is 24.7. The molecule has 2 aliphatic heterocycles. The number of aliphatic hydroxyl groups excluding tert-OH is 1. The van der Waals surface area contributed by atoms with Crippen molar-refractivity contribution in [1.82, 2.24) is 23.9 Å². The van der Waals surface area contributed by atoms with Crippen molar-refractivity contribution in [2.45, 2.75) is 34.6 Å². The SMILES string of the molecule is COc1ccc(Sc2nc3c(=O)n4cc(-c5ccccc5)[nH]c4nc3n2[C@@H]2OC3CO[P@@](O)O[C@H]3[C@@H]2O)cc1. The van der Waals surface area contributed by atoms with E-state index >= 15 is 0 Å². The van der Waals surface area contributed by atoms with Crippen LogP contribution in [0.2, 0.25) is 0 Å². The summed E-state index contributed by atoms with van der Waals surface area (Å²) in [6.45, 7) is 0.0609. The number of aromatic amines is 1. The molecule has 2 fully saturated rings. The van der Waals surface area contributed by atoms with Crippen molar-refractivity contribution in [3.05, 3.63) is 71.1 Å². The number of rotatable bonds is 5. The van der Waals surface area contributed by atoms with Gasteiger partial charge in [0.2, 0.25) is 5.78 Å². The van der Waals surface area contributed by atoms with E-state index in [1.165, 1.54) is 16.2 Å². The number of ether oxygens (including phenoxy) is 2. The number of nitrogens with zero attached hydrogens (tertiary/aromatic N) is 4. The second-order valence-corrected chi connectivity index (χ2v) is 11.0. The van der Waals surface area contributed by atoms with Crippen molar-refractivity contribution in [2.24, 2.45) is 0 Å². The van der Waals surface area contributed by atoms with Gasteiger partial charge in [-0.3, -0.25) is 9.36 Å². The highest BCUT2D eigenvalue weighted by molar-refractivity contribution is 7.99. The highest BCUT2D eigenvalue weighted by Crippen LogP contribution is 2.47. The van der Waals surface area contributed by atoms with E-state index in [4.69, 9.17) is 23.5 Å². The van der Waals surface area contributed by atoms with Gasteiger partial charge in [0, 0.05) is 11.1 Å². The Kier molecular flexibility index (Phi) is 6.16. The Hall–Kier alpha value is -3.29. The molecule has 7 rings (SSSR count). The molecular weight excluding hydrogens is 545 g/mol. The minimum atomic E-state index is -2.12. The number of H-pyrrole nitrogens is 1. The summed E-state index contributed by atoms with van der Waals surface area (Å²) in [5.41, 5.74) is 1.61. The zero-order valence-corrected chi connectivity index (χ0v) is 22.1. The minimum Gasteiger partial charge on any atom is -0.497 e. The predicted molar refractivity (Wildman–Crippen MR) is 142 cm³/mol. The summed E-state index contributed by atoms with van der Waals surface area (Å²) in [4.78, 5) is 37.0. The molecule has 2 aliphatic rings. The standard InChI is InChI=1S/C25H22N5O7PS/c1-34-14-7-9-15(10-8-14)39-25-27-18-21(30(25)23-19(31)20-17(36-23)12-35-38(33)37-20)28-24-26-16(11-29(24)22(18)32)13-5-3-2-4-6-13/h2-11,17,19-20,23,31,33H,12H2,1H3,(H,26,28)/t17?,19-,20+,23+,38+/m0/s1. The van der Waals surface area contributed by atoms with Crippen LogP contribution in [-0.2, 0) is 13.8 Å². The number of aliphatic hydroxyl groups is 1. The van der Waals surface area contributed by atoms with E-state index in [9.17, 15) is 14.8 Å². The summed E-state index contributed by atoms with van der Waals surface area (Å²) in [5, 5.41) is 11.6. The monoisotopic (exact) mass is 567 g/mol. The topological polar surface area (TPSA) is 145 Å². The van der Waals surface area contributed by atoms with E-state index < -0.39 is 33.1 Å². The van der Waals surface area contributed by atoms with Gasteiger partial charge in [-0.1, -0.05) is 42.1 Å². The fourth-order valence-corrected chi connectivity index (χ4v) is 6.51. The van der Waals surface area contributed by atoms with Crippen LogP contribution >= 0.6 is 20.4 Å². The molecule has 0 radical (unpaired) electrons. The molecule has 3 N–H and O–H groups in total. The molecule has 0 aliphatic carbocycles. The van der Waals surface area contributed by atoms with Gasteiger partial charge in [-0.25, -0.2) is 9.38 Å². The van der Waals surface area contributed by atoms with Crippen LogP contribution in [-0.4, -0.2) is 65.9 Å². The maximum atomic E-state index is 13.6. The van der Waals surface area contributed by atoms with Crippen molar-refractivity contribution in [2.75, 3.05) is 13.7 Å². The van der Waals surface area contributed by atoms with E-state index in [1.807, 2.05) is 54.6 Å². The number of benzene rings is 2. The van der Waals surface area contributed by atoms with Gasteiger partial charge in [0.05, 0.1) is 19.4 Å². The molecule has 5 atom stereocenters. The van der Waals surface area contributed by atoms with Crippen molar-refractivity contribution in [3.63, 3.8) is 0 Å². The molecule has 5 aromatic rings. The van der Waals surface area contributed by atoms with E-state index in [0.717, 1.165) is 16.2 Å². The Balaban J connectivity index is 1.38. The summed E-state index contributed by atoms with van der Waals surface area (Å²) < 4.78 is 25.1. The van der Waals surface area contributed by atoms with Crippen LogP contribution in [0.15, 0.2) is 75.6 Å². The van der Waals surface area contributed by atoms with Crippen LogP contribution in [0, 0.1) is 0 Å². The lowest BCUT2D eigenvalue weighted by Gasteiger charge is -2.27. The molecule has 5 heterocycles. The molecule has 39 heavy (non-hydrogen) atoms. The predicted octanol–water partition coefficient (Wildman–Crippen LogP) is 3.09. The maximum Gasteiger partial charge on any atom is 0.330 e. The van der Waals surface area contributed by atoms with Gasteiger partial charge >= 0.3 is 8.60 Å². The lowest BCUT2D eigenvalue weighted by Crippen LogP contribution is -2.38. The third-order valence-corrected chi connectivity index (χ3v) is 8.47. The highest BCUT2D eigenvalue weighted by atomic mass is 32.2. The fourth-order valence-electron chi connectivity index (χ4n) is 4.79. The van der Waals surface area contributed by atoms with Crippen molar-refractivity contribution in [3.8, 4) is 17.0 Å². The first-order valence-electron chi connectivity index (χ1n) is 12.0. The van der Waals surface area contributed by atoms with Crippen LogP contribution < -0.4 is 10.3 Å². The van der Waals surface area contributed by atoms with E-state index in [2.05, 4.69) is 9.97 Å². The van der Waals surface area contributed by atoms with Gasteiger partial charge in [-0.05, 0) is 29.8 Å². The molecule has 12 nitrogen and oxygen atoms in total. The van der Waals surface area contributed by atoms with E-state index in [-0.39, 0.29) is 23.3 Å². The first-order chi connectivity index (χ1) is 19.0. The lowest BCUT2D eigenvalue weighted by atomic mass is 10.1. The Morgan fingerprint density at radius 3 is 2.72 bits per heavy atom. The molecule has 1 unspecified atom stereocenters. The number of hydrogen-bond acceptors (Lipinski definition) is 10. The third kappa shape index (κ3) is 4.23. The molecule has 3 aromatic heterocycles. The number of aromatic nitrogens is 5. The average molecular weight is 568 g/mol. The zero-order valence-electron chi connectivity index (χ0n) is 20.4. The molecule has 0 spiro atoms. The Morgan fingerprint density at radius 2 is 1.95 bits per heavy atom. The second kappa shape index (κ2) is 9.72. The van der Waals surface area contributed by atoms with Crippen molar-refractivity contribution in [1.29, 1.82) is 0 Å². The number of hydrogen-bond donors (Lipinski definition) is 3. The van der Waals surface area contributed by atoms with Gasteiger partial charge in [0.25, 0.3) is 5.56 Å². The smallest absolute Gasteiger partial charge is 0.330 e. The number of methoxy groups -OCH3 is 1. The lowest BCUT2D eigenvalue weighted by molar-refractivity contribution is -0.0614. The second-order valence-electron chi connectivity index (χ2n) is 9.02. The van der Waals surface area contributed by atoms with E-state index in [0.29, 0.717) is 16.7 Å². The molecule has 0 saturated carbocycles. The van der Waals surface area contributed by atoms with Gasteiger partial charge in [0.15, 0.2) is 22.5 Å². The highest BCUT2D eigenvalue weighted by Gasteiger charge is 2.50. The summed E-state index contributed by atoms with van der Waals surface area (Å²) in [6, 6.07) is 17.0. The van der Waals surface area contributed by atoms with Gasteiger partial charge in [0.1, 0.15) is 24.1 Å². The quantitative estimate of drug-likeness (QED) is 0.271. The van der Waals surface area contributed by atoms with Gasteiger partial charge in [-0.2, -0.15) is 4.98 Å². The summed E-state index contributed by atoms with van der Waals surface area (Å²) in [5.74, 6) is 1.02. The number of fused-ring (bicyclic) bond motifs is 3. The summed E-state index contributed by atoms with van der Waals surface area (Å²) >= 11 is 1.29. The van der Waals surface area contributed by atoms with Gasteiger partial charge < -0.3 is 33.5 Å². The molecule has 2 aromatic carbocycles. The van der Waals surface area contributed by atoms with Crippen LogP contribution in [0.5, 0.6) is 5.75 Å². The van der Waals surface area contributed by atoms with Crippen molar-refractivity contribution >= 4 is 37.3 Å². The van der Waals surface area contributed by atoms with E-state index in [1.54, 1.807) is 17.9 Å². The van der Waals surface area contributed by atoms with Gasteiger partial charge in [-0.15, -0.1) is 0 Å². The van der Waals surface area contributed by atoms with Crippen molar-refractivity contribution < 1.29 is 28.5 Å². The molecular formula is C25H22N5O7PS. The fraction of sp³-hybridized carbons (Fsp3) is 0.240. The number of nitrogens with one attached hydrogen (secondary N) is 1. The first-order valence-corrected chi connectivity index (χ1v) is 14.0. The number of imidazole rings is 2. The summed E-state index contributed by atoms with van der Waals surface area (Å²) in [6.07, 6.45) is -1.90. The van der Waals surface area contributed by atoms with Crippen LogP contribution in [0.25, 0.3) is 28.2 Å². The third-order valence-electron chi connectivity index (χ3n) is 6.70. The Morgan fingerprint density at radius 1 is 1.15 bits per heavy atom. The molecule has 200 valence electrons. The Labute approximate surface area is 226 Å².